The Morgan fingerprint density at radius 1 is 0.567 bits per heavy atom. The molecule has 166 valence electrons. The summed E-state index contributed by atoms with van der Waals surface area (Å²) in [5.41, 5.74) is 2.41. The zero-order chi connectivity index (χ0) is 21.6. The predicted octanol–water partition coefficient (Wildman–Crippen LogP) is 8.54. The largest absolute Gasteiger partial charge is 0.494 e. The average molecular weight is 411 g/mol. The molecular formula is C28H42O2. The second kappa shape index (κ2) is 14.1. The minimum absolute atomic E-state index is 0.802. The first-order chi connectivity index (χ1) is 14.6. The Morgan fingerprint density at radius 3 is 1.27 bits per heavy atom. The second-order valence-corrected chi connectivity index (χ2v) is 8.82. The summed E-state index contributed by atoms with van der Waals surface area (Å²) in [7, 11) is 0. The van der Waals surface area contributed by atoms with Crippen molar-refractivity contribution in [3.05, 3.63) is 48.5 Å². The van der Waals surface area contributed by atoms with Gasteiger partial charge < -0.3 is 9.47 Å². The van der Waals surface area contributed by atoms with E-state index in [4.69, 9.17) is 9.47 Å². The summed E-state index contributed by atoms with van der Waals surface area (Å²) >= 11 is 0. The molecule has 0 saturated carbocycles. The van der Waals surface area contributed by atoms with Gasteiger partial charge in [0.25, 0.3) is 0 Å². The molecule has 0 spiro atoms. The first kappa shape index (κ1) is 24.3. The average Bonchev–Trinajstić information content (AvgIpc) is 2.76. The van der Waals surface area contributed by atoms with Gasteiger partial charge in [-0.1, -0.05) is 77.6 Å². The molecule has 0 aromatic heterocycles. The zero-order valence-corrected chi connectivity index (χ0v) is 19.7. The maximum atomic E-state index is 5.91. The molecule has 0 saturated heterocycles. The summed E-state index contributed by atoms with van der Waals surface area (Å²) in [5.74, 6) is 3.52. The molecule has 2 heteroatoms. The Kier molecular flexibility index (Phi) is 11.4. The first-order valence-corrected chi connectivity index (χ1v) is 12.1. The van der Waals surface area contributed by atoms with Crippen LogP contribution in [0.5, 0.6) is 11.5 Å². The third-order valence-corrected chi connectivity index (χ3v) is 5.82. The van der Waals surface area contributed by atoms with Gasteiger partial charge in [-0.15, -0.1) is 0 Å². The fourth-order valence-electron chi connectivity index (χ4n) is 4.01. The topological polar surface area (TPSA) is 18.5 Å². The summed E-state index contributed by atoms with van der Waals surface area (Å²) in [6, 6.07) is 16.9. The minimum atomic E-state index is 0.802. The fourth-order valence-corrected chi connectivity index (χ4v) is 4.01. The third-order valence-electron chi connectivity index (χ3n) is 5.82. The molecule has 2 aromatic rings. The zero-order valence-electron chi connectivity index (χ0n) is 19.7. The van der Waals surface area contributed by atoms with Gasteiger partial charge >= 0.3 is 0 Å². The molecule has 0 amide bonds. The Morgan fingerprint density at radius 2 is 0.933 bits per heavy atom. The molecule has 0 aliphatic heterocycles. The van der Waals surface area contributed by atoms with E-state index in [1.54, 1.807) is 0 Å². The van der Waals surface area contributed by atoms with Crippen molar-refractivity contribution in [3.63, 3.8) is 0 Å². The van der Waals surface area contributed by atoms with Crippen molar-refractivity contribution in [1.82, 2.24) is 0 Å². The Labute approximate surface area is 185 Å². The molecule has 0 radical (unpaired) electrons. The molecule has 2 aromatic carbocycles. The molecule has 0 aliphatic rings. The van der Waals surface area contributed by atoms with Crippen LogP contribution in [0.25, 0.3) is 11.1 Å². The molecule has 2 rings (SSSR count). The van der Waals surface area contributed by atoms with E-state index in [0.717, 1.165) is 49.4 Å². The van der Waals surface area contributed by atoms with Crippen LogP contribution in [0.15, 0.2) is 48.5 Å². The number of hydrogen-bond donors (Lipinski definition) is 0. The van der Waals surface area contributed by atoms with Crippen LogP contribution >= 0.6 is 0 Å². The van der Waals surface area contributed by atoms with Gasteiger partial charge in [0.2, 0.25) is 0 Å². The number of ether oxygens (including phenoxy) is 2. The van der Waals surface area contributed by atoms with E-state index < -0.39 is 0 Å². The van der Waals surface area contributed by atoms with Crippen LogP contribution in [-0.4, -0.2) is 13.2 Å². The van der Waals surface area contributed by atoms with Gasteiger partial charge in [0, 0.05) is 0 Å². The lowest BCUT2D eigenvalue weighted by Gasteiger charge is -2.12. The first-order valence-electron chi connectivity index (χ1n) is 12.1. The van der Waals surface area contributed by atoms with E-state index in [0.29, 0.717) is 0 Å². The van der Waals surface area contributed by atoms with Gasteiger partial charge in [0.1, 0.15) is 11.5 Å². The molecule has 0 aliphatic carbocycles. The highest BCUT2D eigenvalue weighted by Crippen LogP contribution is 2.25. The normalized spacial score (nSPS) is 13.1. The molecule has 0 N–H and O–H groups in total. The van der Waals surface area contributed by atoms with Crippen LogP contribution in [0, 0.1) is 11.8 Å². The van der Waals surface area contributed by atoms with E-state index in [-0.39, 0.29) is 0 Å². The smallest absolute Gasteiger partial charge is 0.119 e. The lowest BCUT2D eigenvalue weighted by Crippen LogP contribution is -2.01. The summed E-state index contributed by atoms with van der Waals surface area (Å²) in [4.78, 5) is 0. The monoisotopic (exact) mass is 410 g/mol. The molecule has 2 unspecified atom stereocenters. The number of hydrogen-bond acceptors (Lipinski definition) is 2. The van der Waals surface area contributed by atoms with Gasteiger partial charge in [-0.25, -0.2) is 0 Å². The van der Waals surface area contributed by atoms with Crippen molar-refractivity contribution < 1.29 is 9.47 Å². The Hall–Kier alpha value is -1.96. The van der Waals surface area contributed by atoms with Gasteiger partial charge in [-0.05, 0) is 72.9 Å². The van der Waals surface area contributed by atoms with Crippen LogP contribution in [0.1, 0.15) is 79.1 Å². The summed E-state index contributed by atoms with van der Waals surface area (Å²) in [6.45, 7) is 10.8. The van der Waals surface area contributed by atoms with E-state index in [1.165, 1.54) is 49.7 Å². The highest BCUT2D eigenvalue weighted by molar-refractivity contribution is 5.64. The Bertz CT molecular complexity index is 613. The van der Waals surface area contributed by atoms with Crippen molar-refractivity contribution in [2.45, 2.75) is 79.1 Å². The summed E-state index contributed by atoms with van der Waals surface area (Å²) in [5, 5.41) is 0. The van der Waals surface area contributed by atoms with Crippen molar-refractivity contribution in [2.75, 3.05) is 13.2 Å². The maximum absolute atomic E-state index is 5.91. The quantitative estimate of drug-likeness (QED) is 0.274. The lowest BCUT2D eigenvalue weighted by atomic mass is 10.0. The van der Waals surface area contributed by atoms with Gasteiger partial charge in [0.05, 0.1) is 13.2 Å². The number of benzene rings is 2. The molecule has 30 heavy (non-hydrogen) atoms. The van der Waals surface area contributed by atoms with Crippen LogP contribution < -0.4 is 9.47 Å². The maximum Gasteiger partial charge on any atom is 0.119 e. The van der Waals surface area contributed by atoms with Crippen LogP contribution in [0.2, 0.25) is 0 Å². The lowest BCUT2D eigenvalue weighted by molar-refractivity contribution is 0.292. The van der Waals surface area contributed by atoms with Crippen LogP contribution in [0.4, 0.5) is 0 Å². The SMILES string of the molecule is CCCC(C)CCCOc1ccc(-c2ccc(OCCCC(C)CCC)cc2)cc1. The van der Waals surface area contributed by atoms with Gasteiger partial charge in [0.15, 0.2) is 0 Å². The van der Waals surface area contributed by atoms with Gasteiger partial charge in [-0.2, -0.15) is 0 Å². The van der Waals surface area contributed by atoms with E-state index >= 15 is 0 Å². The molecule has 0 bridgehead atoms. The highest BCUT2D eigenvalue weighted by atomic mass is 16.5. The summed E-state index contributed by atoms with van der Waals surface area (Å²) in [6.07, 6.45) is 9.93. The molecular weight excluding hydrogens is 368 g/mol. The van der Waals surface area contributed by atoms with Crippen LogP contribution in [0.3, 0.4) is 0 Å². The second-order valence-electron chi connectivity index (χ2n) is 8.82. The van der Waals surface area contributed by atoms with E-state index in [2.05, 4.69) is 76.2 Å². The van der Waals surface area contributed by atoms with Crippen molar-refractivity contribution in [1.29, 1.82) is 0 Å². The van der Waals surface area contributed by atoms with Crippen molar-refractivity contribution in [3.8, 4) is 22.6 Å². The molecule has 0 heterocycles. The molecule has 2 atom stereocenters. The van der Waals surface area contributed by atoms with Crippen molar-refractivity contribution in [2.24, 2.45) is 11.8 Å². The standard InChI is InChI=1S/C28H42O2/c1-5-9-23(3)11-7-21-29-27-17-13-25(14-18-27)26-15-19-28(20-16-26)30-22-8-12-24(4)10-6-2/h13-20,23-24H,5-12,21-22H2,1-4H3. The highest BCUT2D eigenvalue weighted by Gasteiger charge is 2.04. The van der Waals surface area contributed by atoms with E-state index in [1.807, 2.05) is 0 Å². The number of rotatable bonds is 15. The molecule has 0 fully saturated rings. The third kappa shape index (κ3) is 9.24. The Balaban J connectivity index is 1.73. The van der Waals surface area contributed by atoms with Crippen LogP contribution in [-0.2, 0) is 0 Å². The molecule has 2 nitrogen and oxygen atoms in total. The van der Waals surface area contributed by atoms with Gasteiger partial charge in [-0.3, -0.25) is 0 Å². The van der Waals surface area contributed by atoms with E-state index in [9.17, 15) is 0 Å². The van der Waals surface area contributed by atoms with Crippen molar-refractivity contribution >= 4 is 0 Å². The minimum Gasteiger partial charge on any atom is -0.494 e. The summed E-state index contributed by atoms with van der Waals surface area (Å²) < 4.78 is 11.8. The fraction of sp³-hybridized carbons (Fsp3) is 0.571. The predicted molar refractivity (Wildman–Crippen MR) is 129 cm³/mol.